The molecule has 2 aromatic rings. The van der Waals surface area contributed by atoms with Gasteiger partial charge in [-0.05, 0) is 28.7 Å². The Morgan fingerprint density at radius 3 is 2.25 bits per heavy atom. The van der Waals surface area contributed by atoms with Crippen LogP contribution in [0.2, 0.25) is 0 Å². The molecule has 0 amide bonds. The van der Waals surface area contributed by atoms with Crippen molar-refractivity contribution in [1.29, 1.82) is 0 Å². The van der Waals surface area contributed by atoms with Gasteiger partial charge < -0.3 is 5.32 Å². The van der Waals surface area contributed by atoms with Gasteiger partial charge in [-0.1, -0.05) is 67.2 Å². The highest BCUT2D eigenvalue weighted by Crippen LogP contribution is 2.25. The average molecular weight is 283 g/mol. The van der Waals surface area contributed by atoms with Gasteiger partial charge in [0.25, 0.3) is 0 Å². The van der Waals surface area contributed by atoms with E-state index in [0.29, 0.717) is 6.04 Å². The highest BCUT2D eigenvalue weighted by Gasteiger charge is 2.11. The van der Waals surface area contributed by atoms with Gasteiger partial charge in [-0.2, -0.15) is 0 Å². The summed E-state index contributed by atoms with van der Waals surface area (Å²) in [5, 5.41) is 3.64. The Bertz CT molecular complexity index is 522. The third-order valence-electron chi connectivity index (χ3n) is 3.32. The van der Waals surface area contributed by atoms with Gasteiger partial charge in [0, 0.05) is 12.6 Å². The Balaban J connectivity index is 2.05. The number of hydrogen-bond acceptors (Lipinski definition) is 2. The van der Waals surface area contributed by atoms with Crippen LogP contribution in [-0.2, 0) is 6.54 Å². The van der Waals surface area contributed by atoms with Crippen molar-refractivity contribution in [2.24, 2.45) is 0 Å². The third-order valence-corrected chi connectivity index (χ3v) is 4.06. The zero-order valence-electron chi connectivity index (χ0n) is 11.9. The van der Waals surface area contributed by atoms with Crippen molar-refractivity contribution in [2.75, 3.05) is 6.26 Å². The van der Waals surface area contributed by atoms with E-state index in [-0.39, 0.29) is 0 Å². The summed E-state index contributed by atoms with van der Waals surface area (Å²) in [6.45, 7) is 4.99. The summed E-state index contributed by atoms with van der Waals surface area (Å²) in [4.78, 5) is 1.21. The van der Waals surface area contributed by atoms with Crippen LogP contribution in [0.1, 0.15) is 23.6 Å². The molecule has 0 aliphatic carbocycles. The quantitative estimate of drug-likeness (QED) is 0.784. The Labute approximate surface area is 126 Å². The summed E-state index contributed by atoms with van der Waals surface area (Å²) in [5.74, 6) is 0. The van der Waals surface area contributed by atoms with Gasteiger partial charge in [-0.15, -0.1) is 11.8 Å². The third kappa shape index (κ3) is 4.55. The van der Waals surface area contributed by atoms with Crippen LogP contribution in [0.25, 0.3) is 0 Å². The zero-order chi connectivity index (χ0) is 14.2. The Kier molecular flexibility index (Phi) is 5.90. The van der Waals surface area contributed by atoms with E-state index in [4.69, 9.17) is 0 Å². The van der Waals surface area contributed by atoms with Crippen molar-refractivity contribution in [3.63, 3.8) is 0 Å². The lowest BCUT2D eigenvalue weighted by Crippen LogP contribution is -2.21. The minimum atomic E-state index is 0.316. The number of nitrogens with one attached hydrogen (secondary N) is 1. The second-order valence-corrected chi connectivity index (χ2v) is 5.76. The first-order valence-corrected chi connectivity index (χ1v) is 8.06. The number of benzene rings is 2. The highest BCUT2D eigenvalue weighted by molar-refractivity contribution is 8.02. The average Bonchev–Trinajstić information content (AvgIpc) is 2.53. The van der Waals surface area contributed by atoms with Crippen LogP contribution >= 0.6 is 11.8 Å². The maximum absolute atomic E-state index is 4.12. The van der Waals surface area contributed by atoms with Crippen LogP contribution in [0.5, 0.6) is 0 Å². The van der Waals surface area contributed by atoms with Crippen molar-refractivity contribution in [3.8, 4) is 0 Å². The lowest BCUT2D eigenvalue weighted by Gasteiger charge is -2.20. The number of rotatable bonds is 7. The van der Waals surface area contributed by atoms with E-state index in [0.717, 1.165) is 13.0 Å². The predicted molar refractivity (Wildman–Crippen MR) is 89.7 cm³/mol. The highest BCUT2D eigenvalue weighted by atomic mass is 32.2. The molecule has 0 saturated heterocycles. The minimum absolute atomic E-state index is 0.316. The SMILES string of the molecule is C=C(CC(NCc1ccccc1)c1ccccc1)SC. The molecule has 2 aromatic carbocycles. The molecule has 0 aromatic heterocycles. The van der Waals surface area contributed by atoms with E-state index in [1.165, 1.54) is 16.0 Å². The van der Waals surface area contributed by atoms with Crippen molar-refractivity contribution in [3.05, 3.63) is 83.3 Å². The molecule has 0 saturated carbocycles. The summed E-state index contributed by atoms with van der Waals surface area (Å²) in [6.07, 6.45) is 3.04. The monoisotopic (exact) mass is 283 g/mol. The molecule has 1 unspecified atom stereocenters. The van der Waals surface area contributed by atoms with E-state index in [1.54, 1.807) is 11.8 Å². The molecular formula is C18H21NS. The van der Waals surface area contributed by atoms with Gasteiger partial charge >= 0.3 is 0 Å². The second-order valence-electron chi connectivity index (χ2n) is 4.78. The van der Waals surface area contributed by atoms with E-state index >= 15 is 0 Å². The van der Waals surface area contributed by atoms with Crippen molar-refractivity contribution in [2.45, 2.75) is 19.0 Å². The second kappa shape index (κ2) is 7.93. The predicted octanol–water partition coefficient (Wildman–Crippen LogP) is 4.78. The van der Waals surface area contributed by atoms with E-state index in [2.05, 4.69) is 72.7 Å². The van der Waals surface area contributed by atoms with E-state index in [9.17, 15) is 0 Å². The first kappa shape index (κ1) is 14.9. The molecule has 1 nitrogen and oxygen atoms in total. The molecule has 2 heteroatoms. The van der Waals surface area contributed by atoms with Gasteiger partial charge in [0.2, 0.25) is 0 Å². The van der Waals surface area contributed by atoms with E-state index < -0.39 is 0 Å². The van der Waals surface area contributed by atoms with Crippen LogP contribution < -0.4 is 5.32 Å². The number of hydrogen-bond donors (Lipinski definition) is 1. The molecule has 2 rings (SSSR count). The normalized spacial score (nSPS) is 12.1. The van der Waals surface area contributed by atoms with Gasteiger partial charge in [-0.25, -0.2) is 0 Å². The minimum Gasteiger partial charge on any atom is -0.306 e. The van der Waals surface area contributed by atoms with Crippen LogP contribution in [-0.4, -0.2) is 6.26 Å². The molecule has 1 N–H and O–H groups in total. The van der Waals surface area contributed by atoms with Crippen molar-refractivity contribution < 1.29 is 0 Å². The fourth-order valence-electron chi connectivity index (χ4n) is 2.14. The largest absolute Gasteiger partial charge is 0.306 e. The van der Waals surface area contributed by atoms with Crippen LogP contribution in [0, 0.1) is 0 Å². The van der Waals surface area contributed by atoms with E-state index in [1.807, 2.05) is 6.07 Å². The Morgan fingerprint density at radius 2 is 1.65 bits per heavy atom. The maximum atomic E-state index is 4.12. The van der Waals surface area contributed by atoms with Gasteiger partial charge in [-0.3, -0.25) is 0 Å². The summed E-state index contributed by atoms with van der Waals surface area (Å²) < 4.78 is 0. The van der Waals surface area contributed by atoms with Crippen LogP contribution in [0.15, 0.2) is 72.1 Å². The molecule has 0 fully saturated rings. The molecule has 0 aliphatic heterocycles. The van der Waals surface area contributed by atoms with Crippen LogP contribution in [0.4, 0.5) is 0 Å². The van der Waals surface area contributed by atoms with Crippen LogP contribution in [0.3, 0.4) is 0 Å². The molecule has 0 bridgehead atoms. The lowest BCUT2D eigenvalue weighted by molar-refractivity contribution is 0.536. The first-order chi connectivity index (χ1) is 9.79. The summed E-state index contributed by atoms with van der Waals surface area (Å²) in [5.41, 5.74) is 2.63. The summed E-state index contributed by atoms with van der Waals surface area (Å²) in [7, 11) is 0. The number of thioether (sulfide) groups is 1. The maximum Gasteiger partial charge on any atom is 0.0368 e. The van der Waals surface area contributed by atoms with Crippen molar-refractivity contribution >= 4 is 11.8 Å². The molecule has 104 valence electrons. The lowest BCUT2D eigenvalue weighted by atomic mass is 10.0. The summed E-state index contributed by atoms with van der Waals surface area (Å²) in [6, 6.07) is 21.4. The van der Waals surface area contributed by atoms with Gasteiger partial charge in [0.05, 0.1) is 0 Å². The molecule has 0 radical (unpaired) electrons. The molecule has 0 aliphatic rings. The molecule has 20 heavy (non-hydrogen) atoms. The summed E-state index contributed by atoms with van der Waals surface area (Å²) >= 11 is 1.73. The fraction of sp³-hybridized carbons (Fsp3) is 0.222. The molecule has 0 spiro atoms. The smallest absolute Gasteiger partial charge is 0.0368 e. The molecule has 0 heterocycles. The van der Waals surface area contributed by atoms with Gasteiger partial charge in [0.1, 0.15) is 0 Å². The Morgan fingerprint density at radius 1 is 1.05 bits per heavy atom. The Hall–Kier alpha value is -1.51. The van der Waals surface area contributed by atoms with Crippen molar-refractivity contribution in [1.82, 2.24) is 5.32 Å². The molecule has 1 atom stereocenters. The first-order valence-electron chi connectivity index (χ1n) is 6.83. The zero-order valence-corrected chi connectivity index (χ0v) is 12.7. The van der Waals surface area contributed by atoms with Gasteiger partial charge in [0.15, 0.2) is 0 Å². The fourth-order valence-corrected chi connectivity index (χ4v) is 2.47. The topological polar surface area (TPSA) is 12.0 Å². The molecular weight excluding hydrogens is 262 g/mol. The standard InChI is InChI=1S/C18H21NS/c1-15(20-2)13-18(17-11-7-4-8-12-17)19-14-16-9-5-3-6-10-16/h3-12,18-19H,1,13-14H2,2H3.